The van der Waals surface area contributed by atoms with Gasteiger partial charge in [0.25, 0.3) is 0 Å². The van der Waals surface area contributed by atoms with Crippen LogP contribution in [-0.4, -0.2) is 39.0 Å². The van der Waals surface area contributed by atoms with E-state index < -0.39 is 10.0 Å². The van der Waals surface area contributed by atoms with Crippen molar-refractivity contribution in [1.82, 2.24) is 4.31 Å². The quantitative estimate of drug-likeness (QED) is 0.848. The van der Waals surface area contributed by atoms with Crippen molar-refractivity contribution in [3.63, 3.8) is 0 Å². The first-order chi connectivity index (χ1) is 8.91. The Balaban J connectivity index is 2.20. The summed E-state index contributed by atoms with van der Waals surface area (Å²) in [5, 5.41) is 0. The van der Waals surface area contributed by atoms with E-state index in [4.69, 9.17) is 10.5 Å². The summed E-state index contributed by atoms with van der Waals surface area (Å²) < 4.78 is 31.7. The number of nitrogens with two attached hydrogens (primary N) is 1. The van der Waals surface area contributed by atoms with E-state index in [9.17, 15) is 8.42 Å². The Morgan fingerprint density at radius 3 is 2.79 bits per heavy atom. The van der Waals surface area contributed by atoms with Gasteiger partial charge in [0.15, 0.2) is 0 Å². The third-order valence-corrected chi connectivity index (χ3v) is 5.24. The highest BCUT2D eigenvalue weighted by Crippen LogP contribution is 2.24. The van der Waals surface area contributed by atoms with E-state index in [2.05, 4.69) is 0 Å². The average molecular weight is 284 g/mol. The minimum absolute atomic E-state index is 0.00792. The van der Waals surface area contributed by atoms with Gasteiger partial charge in [-0.3, -0.25) is 0 Å². The first-order valence-corrected chi connectivity index (χ1v) is 7.79. The molecule has 0 aliphatic carbocycles. The Morgan fingerprint density at radius 1 is 1.47 bits per heavy atom. The van der Waals surface area contributed by atoms with Crippen molar-refractivity contribution in [1.29, 1.82) is 0 Å². The van der Waals surface area contributed by atoms with Crippen LogP contribution in [-0.2, 0) is 14.8 Å². The molecule has 6 heteroatoms. The van der Waals surface area contributed by atoms with Crippen molar-refractivity contribution in [3.8, 4) is 0 Å². The predicted octanol–water partition coefficient (Wildman–Crippen LogP) is 1.38. The molecule has 0 aromatic heterocycles. The monoisotopic (exact) mass is 284 g/mol. The first kappa shape index (κ1) is 14.3. The second-order valence-electron chi connectivity index (χ2n) is 4.96. The zero-order valence-corrected chi connectivity index (χ0v) is 12.1. The van der Waals surface area contributed by atoms with E-state index in [1.165, 1.54) is 4.31 Å². The van der Waals surface area contributed by atoms with Gasteiger partial charge in [-0.25, -0.2) is 8.42 Å². The summed E-state index contributed by atoms with van der Waals surface area (Å²) in [5.41, 5.74) is 7.05. The zero-order chi connectivity index (χ0) is 14.0. The van der Waals surface area contributed by atoms with Gasteiger partial charge in [-0.15, -0.1) is 0 Å². The maximum absolute atomic E-state index is 12.4. The molecule has 19 heavy (non-hydrogen) atoms. The fourth-order valence-corrected chi connectivity index (χ4v) is 3.54. The van der Waals surface area contributed by atoms with E-state index >= 15 is 0 Å². The number of hydrogen-bond donors (Lipinski definition) is 1. The van der Waals surface area contributed by atoms with Gasteiger partial charge in [-0.1, -0.05) is 6.07 Å². The summed E-state index contributed by atoms with van der Waals surface area (Å²) in [6.45, 7) is 2.96. The molecule has 2 rings (SSSR count). The molecule has 2 N–H and O–H groups in total. The lowest BCUT2D eigenvalue weighted by Gasteiger charge is -2.21. The van der Waals surface area contributed by atoms with Crippen LogP contribution in [0.5, 0.6) is 0 Å². The van der Waals surface area contributed by atoms with Crippen molar-refractivity contribution in [2.24, 2.45) is 0 Å². The molecular weight excluding hydrogens is 264 g/mol. The molecule has 0 bridgehead atoms. The molecule has 0 radical (unpaired) electrons. The highest BCUT2D eigenvalue weighted by Gasteiger charge is 2.27. The van der Waals surface area contributed by atoms with Gasteiger partial charge >= 0.3 is 0 Å². The van der Waals surface area contributed by atoms with Gasteiger partial charge in [0.05, 0.1) is 11.8 Å². The second-order valence-corrected chi connectivity index (χ2v) is 6.98. The summed E-state index contributed by atoms with van der Waals surface area (Å²) >= 11 is 0. The molecule has 5 nitrogen and oxygen atoms in total. The maximum Gasteiger partial charge on any atom is 0.244 e. The molecule has 106 valence electrons. The molecule has 0 saturated carbocycles. The summed E-state index contributed by atoms with van der Waals surface area (Å²) in [7, 11) is -1.98. The molecule has 1 fully saturated rings. The SMILES string of the molecule is Cc1ccc(S(=O)(=O)N(C)CC2CCCO2)c(N)c1. The van der Waals surface area contributed by atoms with Gasteiger partial charge in [0, 0.05) is 20.2 Å². The zero-order valence-electron chi connectivity index (χ0n) is 11.3. The number of likely N-dealkylation sites (N-methyl/N-ethyl adjacent to an activating group) is 1. The molecule has 1 aromatic carbocycles. The van der Waals surface area contributed by atoms with Crippen LogP contribution in [0.2, 0.25) is 0 Å². The van der Waals surface area contributed by atoms with Crippen LogP contribution in [0.4, 0.5) is 5.69 Å². The molecule has 1 saturated heterocycles. The van der Waals surface area contributed by atoms with E-state index in [-0.39, 0.29) is 11.0 Å². The summed E-state index contributed by atoms with van der Waals surface area (Å²) in [6, 6.07) is 4.99. The number of anilines is 1. The maximum atomic E-state index is 12.4. The number of aryl methyl sites for hydroxylation is 1. The molecule has 0 spiro atoms. The van der Waals surface area contributed by atoms with Gasteiger partial charge in [-0.2, -0.15) is 4.31 Å². The lowest BCUT2D eigenvalue weighted by atomic mass is 10.2. The summed E-state index contributed by atoms with van der Waals surface area (Å²) in [4.78, 5) is 0.165. The molecule has 1 aliphatic rings. The van der Waals surface area contributed by atoms with Crippen LogP contribution in [0.25, 0.3) is 0 Å². The Hall–Kier alpha value is -1.11. The van der Waals surface area contributed by atoms with Crippen molar-refractivity contribution in [2.75, 3.05) is 25.9 Å². The van der Waals surface area contributed by atoms with Crippen molar-refractivity contribution >= 4 is 15.7 Å². The first-order valence-electron chi connectivity index (χ1n) is 6.35. The smallest absolute Gasteiger partial charge is 0.244 e. The van der Waals surface area contributed by atoms with Gasteiger partial charge in [-0.05, 0) is 37.5 Å². The average Bonchev–Trinajstić information content (AvgIpc) is 2.81. The molecule has 1 aliphatic heterocycles. The number of nitrogens with zero attached hydrogens (tertiary/aromatic N) is 1. The number of nitrogen functional groups attached to an aromatic ring is 1. The van der Waals surface area contributed by atoms with Crippen LogP contribution in [0.1, 0.15) is 18.4 Å². The fraction of sp³-hybridized carbons (Fsp3) is 0.538. The Kier molecular flexibility index (Phi) is 4.13. The topological polar surface area (TPSA) is 72.6 Å². The molecule has 1 aromatic rings. The number of benzene rings is 1. The van der Waals surface area contributed by atoms with Crippen LogP contribution in [0, 0.1) is 6.92 Å². The fourth-order valence-electron chi connectivity index (χ4n) is 2.24. The van der Waals surface area contributed by atoms with Crippen LogP contribution in [0.15, 0.2) is 23.1 Å². The minimum atomic E-state index is -3.55. The second kappa shape index (κ2) is 5.48. The van der Waals surface area contributed by atoms with Gasteiger partial charge < -0.3 is 10.5 Å². The standard InChI is InChI=1S/C13H20N2O3S/c1-10-5-6-13(12(14)8-10)19(16,17)15(2)9-11-4-3-7-18-11/h5-6,8,11H,3-4,7,9,14H2,1-2H3. The van der Waals surface area contributed by atoms with Crippen molar-refractivity contribution in [3.05, 3.63) is 23.8 Å². The molecule has 0 amide bonds. The normalized spacial score (nSPS) is 20.1. The molecule has 1 heterocycles. The molecule has 1 atom stereocenters. The number of sulfonamides is 1. The summed E-state index contributed by atoms with van der Waals surface area (Å²) in [5.74, 6) is 0. The number of rotatable bonds is 4. The van der Waals surface area contributed by atoms with Crippen molar-refractivity contribution in [2.45, 2.75) is 30.8 Å². The third-order valence-electron chi connectivity index (χ3n) is 3.34. The number of ether oxygens (including phenoxy) is 1. The van der Waals surface area contributed by atoms with Crippen LogP contribution < -0.4 is 5.73 Å². The van der Waals surface area contributed by atoms with Crippen molar-refractivity contribution < 1.29 is 13.2 Å². The van der Waals surface area contributed by atoms with Gasteiger partial charge in [0.1, 0.15) is 4.90 Å². The van der Waals surface area contributed by atoms with E-state index in [0.29, 0.717) is 18.8 Å². The highest BCUT2D eigenvalue weighted by molar-refractivity contribution is 7.89. The highest BCUT2D eigenvalue weighted by atomic mass is 32.2. The predicted molar refractivity (Wildman–Crippen MR) is 74.4 cm³/mol. The van der Waals surface area contributed by atoms with E-state index in [1.807, 2.05) is 6.92 Å². The minimum Gasteiger partial charge on any atom is -0.398 e. The Morgan fingerprint density at radius 2 is 2.21 bits per heavy atom. The van der Waals surface area contributed by atoms with Crippen LogP contribution >= 0.6 is 0 Å². The molecular formula is C13H20N2O3S. The molecule has 1 unspecified atom stereocenters. The van der Waals surface area contributed by atoms with E-state index in [0.717, 1.165) is 18.4 Å². The lowest BCUT2D eigenvalue weighted by molar-refractivity contribution is 0.0979. The number of hydrogen-bond acceptors (Lipinski definition) is 4. The van der Waals surface area contributed by atoms with Gasteiger partial charge in [0.2, 0.25) is 10.0 Å². The van der Waals surface area contributed by atoms with Crippen LogP contribution in [0.3, 0.4) is 0 Å². The summed E-state index contributed by atoms with van der Waals surface area (Å²) in [6.07, 6.45) is 1.89. The lowest BCUT2D eigenvalue weighted by Crippen LogP contribution is -2.34. The van der Waals surface area contributed by atoms with E-state index in [1.54, 1.807) is 25.2 Å². The Bertz CT molecular complexity index is 551. The Labute approximate surface area is 114 Å². The third kappa shape index (κ3) is 3.08. The largest absolute Gasteiger partial charge is 0.398 e.